The Morgan fingerprint density at radius 2 is 1.68 bits per heavy atom. The number of thiocarbonyl (C=S) groups is 1. The molecule has 2 aromatic carbocycles. The number of carbonyl (C=O) groups excluding carboxylic acids is 1. The molecule has 1 aliphatic rings. The molecule has 0 saturated heterocycles. The van der Waals surface area contributed by atoms with Gasteiger partial charge in [0.25, 0.3) is 0 Å². The largest absolute Gasteiger partial charge is 0.490 e. The number of anilines is 1. The number of rotatable bonds is 7. The number of amides is 1. The van der Waals surface area contributed by atoms with Crippen molar-refractivity contribution in [1.29, 1.82) is 0 Å². The highest BCUT2D eigenvalue weighted by Crippen LogP contribution is 2.29. The van der Waals surface area contributed by atoms with Crippen LogP contribution < -0.4 is 20.1 Å². The molecule has 130 valence electrons. The molecule has 1 fully saturated rings. The number of nitrogens with one attached hydrogen (secondary N) is 2. The molecular weight excluding hydrogens is 336 g/mol. The highest BCUT2D eigenvalue weighted by Gasteiger charge is 2.30. The van der Waals surface area contributed by atoms with Crippen molar-refractivity contribution in [2.45, 2.75) is 12.8 Å². The molecule has 0 bridgehead atoms. The van der Waals surface area contributed by atoms with Crippen molar-refractivity contribution in [3.63, 3.8) is 0 Å². The van der Waals surface area contributed by atoms with Crippen molar-refractivity contribution in [3.8, 4) is 11.5 Å². The van der Waals surface area contributed by atoms with Gasteiger partial charge in [-0.25, -0.2) is 0 Å². The van der Waals surface area contributed by atoms with E-state index in [1.54, 1.807) is 0 Å². The number of hydrogen-bond acceptors (Lipinski definition) is 4. The number of benzene rings is 2. The normalized spacial score (nSPS) is 13.0. The first-order chi connectivity index (χ1) is 12.2. The predicted molar refractivity (Wildman–Crippen MR) is 101 cm³/mol. The first-order valence-electron chi connectivity index (χ1n) is 8.24. The Morgan fingerprint density at radius 3 is 2.44 bits per heavy atom. The van der Waals surface area contributed by atoms with Crippen molar-refractivity contribution in [3.05, 3.63) is 54.6 Å². The molecule has 1 saturated carbocycles. The monoisotopic (exact) mass is 356 g/mol. The minimum atomic E-state index is -0.0211. The Labute approximate surface area is 152 Å². The Morgan fingerprint density at radius 1 is 1.00 bits per heavy atom. The molecule has 1 amide bonds. The number of carbonyl (C=O) groups is 1. The van der Waals surface area contributed by atoms with Crippen LogP contribution in [-0.2, 0) is 4.79 Å². The van der Waals surface area contributed by atoms with Crippen molar-refractivity contribution in [2.24, 2.45) is 5.92 Å². The molecule has 0 unspecified atom stereocenters. The van der Waals surface area contributed by atoms with Crippen LogP contribution in [-0.4, -0.2) is 24.2 Å². The van der Waals surface area contributed by atoms with E-state index >= 15 is 0 Å². The fraction of sp³-hybridized carbons (Fsp3) is 0.263. The zero-order valence-electron chi connectivity index (χ0n) is 13.7. The summed E-state index contributed by atoms with van der Waals surface area (Å²) >= 11 is 5.19. The summed E-state index contributed by atoms with van der Waals surface area (Å²) < 4.78 is 11.4. The van der Waals surface area contributed by atoms with E-state index in [1.807, 2.05) is 54.6 Å². The first-order valence-corrected chi connectivity index (χ1v) is 8.65. The van der Waals surface area contributed by atoms with Crippen LogP contribution in [0.1, 0.15) is 12.8 Å². The molecule has 3 rings (SSSR count). The van der Waals surface area contributed by atoms with Gasteiger partial charge in [-0.1, -0.05) is 30.3 Å². The van der Waals surface area contributed by atoms with Gasteiger partial charge in [0.1, 0.15) is 24.7 Å². The van der Waals surface area contributed by atoms with Gasteiger partial charge in [0.2, 0.25) is 5.91 Å². The molecular formula is C19H20N2O3S. The molecule has 2 aromatic rings. The topological polar surface area (TPSA) is 59.6 Å². The maximum Gasteiger partial charge on any atom is 0.229 e. The van der Waals surface area contributed by atoms with Crippen molar-refractivity contribution >= 4 is 28.9 Å². The minimum Gasteiger partial charge on any atom is -0.490 e. The molecule has 0 radical (unpaired) electrons. The van der Waals surface area contributed by atoms with E-state index in [1.165, 1.54) is 0 Å². The Bertz CT molecular complexity index is 732. The van der Waals surface area contributed by atoms with Crippen molar-refractivity contribution in [2.75, 3.05) is 18.5 Å². The molecule has 2 N–H and O–H groups in total. The quantitative estimate of drug-likeness (QED) is 0.588. The van der Waals surface area contributed by atoms with Crippen LogP contribution in [0.15, 0.2) is 54.6 Å². The lowest BCUT2D eigenvalue weighted by Crippen LogP contribution is -2.35. The molecule has 25 heavy (non-hydrogen) atoms. The second kappa shape index (κ2) is 8.48. The van der Waals surface area contributed by atoms with E-state index in [2.05, 4.69) is 10.6 Å². The first kappa shape index (κ1) is 17.2. The van der Waals surface area contributed by atoms with Gasteiger partial charge in [-0.05, 0) is 49.3 Å². The Hall–Kier alpha value is -2.60. The highest BCUT2D eigenvalue weighted by molar-refractivity contribution is 7.80. The lowest BCUT2D eigenvalue weighted by atomic mass is 10.3. The van der Waals surface area contributed by atoms with Gasteiger partial charge in [-0.2, -0.15) is 0 Å². The summed E-state index contributed by atoms with van der Waals surface area (Å²) in [6.45, 7) is 0.829. The summed E-state index contributed by atoms with van der Waals surface area (Å²) in [5, 5.41) is 6.01. The second-order valence-electron chi connectivity index (χ2n) is 5.72. The fourth-order valence-electron chi connectivity index (χ4n) is 2.24. The Balaban J connectivity index is 1.48. The van der Waals surface area contributed by atoms with Crippen molar-refractivity contribution in [1.82, 2.24) is 5.32 Å². The molecule has 6 heteroatoms. The van der Waals surface area contributed by atoms with E-state index in [4.69, 9.17) is 21.7 Å². The van der Waals surface area contributed by atoms with Crippen LogP contribution in [0.3, 0.4) is 0 Å². The molecule has 1 aliphatic carbocycles. The van der Waals surface area contributed by atoms with Gasteiger partial charge in [0.15, 0.2) is 5.11 Å². The maximum atomic E-state index is 11.8. The molecule has 0 aromatic heterocycles. The smallest absolute Gasteiger partial charge is 0.229 e. The maximum absolute atomic E-state index is 11.8. The van der Waals surface area contributed by atoms with Crippen LogP contribution in [0.25, 0.3) is 0 Å². The van der Waals surface area contributed by atoms with E-state index in [0.717, 1.165) is 18.6 Å². The third kappa shape index (κ3) is 5.46. The van der Waals surface area contributed by atoms with Crippen LogP contribution in [0.5, 0.6) is 11.5 Å². The second-order valence-corrected chi connectivity index (χ2v) is 6.13. The third-order valence-corrected chi connectivity index (χ3v) is 3.88. The van der Waals surface area contributed by atoms with E-state index in [-0.39, 0.29) is 16.9 Å². The van der Waals surface area contributed by atoms with Gasteiger partial charge in [-0.3, -0.25) is 4.79 Å². The average molecular weight is 356 g/mol. The number of hydrogen-bond donors (Lipinski definition) is 2. The summed E-state index contributed by atoms with van der Waals surface area (Å²) in [5.41, 5.74) is 0.711. The van der Waals surface area contributed by atoms with Gasteiger partial charge >= 0.3 is 0 Å². The van der Waals surface area contributed by atoms with E-state index in [9.17, 15) is 4.79 Å². The Kier molecular flexibility index (Phi) is 5.85. The van der Waals surface area contributed by atoms with Crippen LogP contribution >= 0.6 is 12.2 Å². The highest BCUT2D eigenvalue weighted by atomic mass is 32.1. The average Bonchev–Trinajstić information content (AvgIpc) is 3.46. The molecule has 0 atom stereocenters. The molecule has 0 spiro atoms. The summed E-state index contributed by atoms with van der Waals surface area (Å²) in [4.78, 5) is 11.8. The lowest BCUT2D eigenvalue weighted by Gasteiger charge is -2.14. The van der Waals surface area contributed by atoms with Crippen LogP contribution in [0.2, 0.25) is 0 Å². The summed E-state index contributed by atoms with van der Waals surface area (Å²) in [6, 6.07) is 17.0. The summed E-state index contributed by atoms with van der Waals surface area (Å²) in [5.74, 6) is 1.55. The number of ether oxygens (including phenoxy) is 2. The molecule has 0 aliphatic heterocycles. The van der Waals surface area contributed by atoms with E-state index < -0.39 is 0 Å². The minimum absolute atomic E-state index is 0.0211. The third-order valence-electron chi connectivity index (χ3n) is 3.67. The summed E-state index contributed by atoms with van der Waals surface area (Å²) in [7, 11) is 0. The van der Waals surface area contributed by atoms with Crippen LogP contribution in [0.4, 0.5) is 5.69 Å². The predicted octanol–water partition coefficient (Wildman–Crippen LogP) is 3.37. The fourth-order valence-corrected chi connectivity index (χ4v) is 2.45. The lowest BCUT2D eigenvalue weighted by molar-refractivity contribution is -0.120. The summed E-state index contributed by atoms with van der Waals surface area (Å²) in [6.07, 6.45) is 1.88. The standard InChI is InChI=1S/C19H20N2O3S/c22-18(14-10-11-14)21-19(25)20-16-8-4-5-9-17(16)24-13-12-23-15-6-2-1-3-7-15/h1-9,14H,10-13H2,(H2,20,21,22,25). The molecule has 0 heterocycles. The molecule has 5 nitrogen and oxygen atoms in total. The zero-order valence-corrected chi connectivity index (χ0v) is 14.6. The zero-order chi connectivity index (χ0) is 17.5. The van der Waals surface area contributed by atoms with Gasteiger partial charge in [-0.15, -0.1) is 0 Å². The SMILES string of the molecule is O=C(NC(=S)Nc1ccccc1OCCOc1ccccc1)C1CC1. The number of para-hydroxylation sites is 3. The van der Waals surface area contributed by atoms with Gasteiger partial charge in [0, 0.05) is 5.92 Å². The van der Waals surface area contributed by atoms with Crippen molar-refractivity contribution < 1.29 is 14.3 Å². The van der Waals surface area contributed by atoms with Gasteiger partial charge < -0.3 is 20.1 Å². The van der Waals surface area contributed by atoms with Gasteiger partial charge in [0.05, 0.1) is 5.69 Å². The van der Waals surface area contributed by atoms with Crippen LogP contribution in [0, 0.1) is 5.92 Å². The van der Waals surface area contributed by atoms with E-state index in [0.29, 0.717) is 24.7 Å².